The average Bonchev–Trinajstić information content (AvgIpc) is 2.66. The number of hydrogen-bond donors (Lipinski definition) is 2. The summed E-state index contributed by atoms with van der Waals surface area (Å²) in [4.78, 5) is 40.4. The summed E-state index contributed by atoms with van der Waals surface area (Å²) in [6.07, 6.45) is 1.49. The number of carbonyl (C=O) groups is 1. The van der Waals surface area contributed by atoms with E-state index in [4.69, 9.17) is 5.73 Å². The van der Waals surface area contributed by atoms with Crippen LogP contribution in [0, 0.1) is 0 Å². The van der Waals surface area contributed by atoms with Crippen LogP contribution in [0.2, 0.25) is 0 Å². The highest BCUT2D eigenvalue weighted by Crippen LogP contribution is 2.20. The Morgan fingerprint density at radius 3 is 2.24 bits per heavy atom. The van der Waals surface area contributed by atoms with E-state index in [-0.39, 0.29) is 22.0 Å². The molecule has 1 heterocycles. The second-order valence-electron chi connectivity index (χ2n) is 6.67. The van der Waals surface area contributed by atoms with Crippen LogP contribution >= 0.6 is 0 Å². The molecule has 1 amide bonds. The Kier molecular flexibility index (Phi) is 6.65. The van der Waals surface area contributed by atoms with Crippen LogP contribution in [0.4, 0.5) is 11.5 Å². The predicted octanol–water partition coefficient (Wildman–Crippen LogP) is 0.446. The number of anilines is 2. The molecule has 2 rings (SSSR count). The fraction of sp³-hybridized carbons (Fsp3) is 0.389. The van der Waals surface area contributed by atoms with E-state index in [0.717, 1.165) is 15.6 Å². The van der Waals surface area contributed by atoms with Gasteiger partial charge in [-0.1, -0.05) is 13.3 Å². The molecule has 11 heteroatoms. The van der Waals surface area contributed by atoms with Crippen LogP contribution in [-0.4, -0.2) is 49.3 Å². The first-order valence-corrected chi connectivity index (χ1v) is 10.4. The van der Waals surface area contributed by atoms with Crippen molar-refractivity contribution in [3.63, 3.8) is 0 Å². The Labute approximate surface area is 168 Å². The number of carbonyl (C=O) groups excluding carboxylic acids is 1. The van der Waals surface area contributed by atoms with Crippen molar-refractivity contribution in [3.05, 3.63) is 50.7 Å². The number of rotatable bonds is 7. The minimum Gasteiger partial charge on any atom is -0.383 e. The molecule has 0 aliphatic heterocycles. The third-order valence-electron chi connectivity index (χ3n) is 4.47. The summed E-state index contributed by atoms with van der Waals surface area (Å²) >= 11 is 0. The first-order valence-electron chi connectivity index (χ1n) is 8.95. The molecule has 158 valence electrons. The van der Waals surface area contributed by atoms with E-state index in [1.54, 1.807) is 0 Å². The van der Waals surface area contributed by atoms with Crippen molar-refractivity contribution in [2.24, 2.45) is 0 Å². The molecule has 1 aromatic heterocycles. The zero-order chi connectivity index (χ0) is 21.9. The quantitative estimate of drug-likeness (QED) is 0.663. The van der Waals surface area contributed by atoms with Crippen molar-refractivity contribution in [2.75, 3.05) is 31.8 Å². The zero-order valence-electron chi connectivity index (χ0n) is 16.8. The summed E-state index contributed by atoms with van der Waals surface area (Å²) in [6.45, 7) is 2.26. The second-order valence-corrected chi connectivity index (χ2v) is 8.83. The summed E-state index contributed by atoms with van der Waals surface area (Å²) in [5.41, 5.74) is 4.63. The van der Waals surface area contributed by atoms with Gasteiger partial charge in [-0.3, -0.25) is 19.1 Å². The number of hydrogen-bond acceptors (Lipinski definition) is 6. The number of aromatic amines is 1. The fourth-order valence-corrected chi connectivity index (χ4v) is 3.62. The number of nitrogen functional groups attached to an aromatic ring is 1. The van der Waals surface area contributed by atoms with Crippen molar-refractivity contribution in [3.8, 4) is 0 Å². The van der Waals surface area contributed by atoms with Gasteiger partial charge in [-0.15, -0.1) is 0 Å². The topological polar surface area (TPSA) is 139 Å². The largest absolute Gasteiger partial charge is 0.383 e. The van der Waals surface area contributed by atoms with Gasteiger partial charge >= 0.3 is 5.69 Å². The molecule has 0 aliphatic carbocycles. The SMILES string of the molecule is CCCCn1c(N)c(N(C)C(=O)c2ccc(S(=O)(=O)N(C)C)cc2)c(=O)[nH]c1=O. The predicted molar refractivity (Wildman–Crippen MR) is 111 cm³/mol. The van der Waals surface area contributed by atoms with Crippen molar-refractivity contribution in [2.45, 2.75) is 31.2 Å². The van der Waals surface area contributed by atoms with Crippen molar-refractivity contribution < 1.29 is 13.2 Å². The van der Waals surface area contributed by atoms with Gasteiger partial charge in [-0.25, -0.2) is 17.5 Å². The molecule has 0 spiro atoms. The van der Waals surface area contributed by atoms with Crippen molar-refractivity contribution >= 4 is 27.4 Å². The van der Waals surface area contributed by atoms with E-state index in [2.05, 4.69) is 4.98 Å². The van der Waals surface area contributed by atoms with Gasteiger partial charge in [0.1, 0.15) is 5.82 Å². The van der Waals surface area contributed by atoms with Crippen LogP contribution in [0.15, 0.2) is 38.8 Å². The number of amides is 1. The number of nitrogens with one attached hydrogen (secondary N) is 1. The molecule has 3 N–H and O–H groups in total. The molecule has 0 saturated carbocycles. The van der Waals surface area contributed by atoms with Crippen LogP contribution in [-0.2, 0) is 16.6 Å². The molecule has 2 aromatic rings. The van der Waals surface area contributed by atoms with E-state index in [0.29, 0.717) is 13.0 Å². The summed E-state index contributed by atoms with van der Waals surface area (Å²) in [6, 6.07) is 5.33. The molecule has 0 unspecified atom stereocenters. The molecule has 10 nitrogen and oxygen atoms in total. The zero-order valence-corrected chi connectivity index (χ0v) is 17.6. The van der Waals surface area contributed by atoms with E-state index < -0.39 is 27.2 Å². The first kappa shape index (κ1) is 22.4. The van der Waals surface area contributed by atoms with Crippen LogP contribution in [0.3, 0.4) is 0 Å². The normalized spacial score (nSPS) is 11.6. The molecule has 0 atom stereocenters. The lowest BCUT2D eigenvalue weighted by Crippen LogP contribution is -2.39. The molecular formula is C18H25N5O5S. The highest BCUT2D eigenvalue weighted by Gasteiger charge is 2.23. The Balaban J connectivity index is 2.43. The van der Waals surface area contributed by atoms with E-state index in [1.807, 2.05) is 6.92 Å². The van der Waals surface area contributed by atoms with Gasteiger partial charge in [0.2, 0.25) is 10.0 Å². The summed E-state index contributed by atoms with van der Waals surface area (Å²) in [5, 5.41) is 0. The van der Waals surface area contributed by atoms with Crippen LogP contribution in [0.25, 0.3) is 0 Å². The summed E-state index contributed by atoms with van der Waals surface area (Å²) < 4.78 is 26.6. The Morgan fingerprint density at radius 1 is 1.14 bits per heavy atom. The highest BCUT2D eigenvalue weighted by atomic mass is 32.2. The number of benzene rings is 1. The Hall–Kier alpha value is -2.92. The van der Waals surface area contributed by atoms with Gasteiger partial charge in [-0.2, -0.15) is 0 Å². The molecule has 0 radical (unpaired) electrons. The van der Waals surface area contributed by atoms with E-state index in [1.165, 1.54) is 50.0 Å². The minimum atomic E-state index is -3.63. The lowest BCUT2D eigenvalue weighted by atomic mass is 10.2. The Bertz CT molecular complexity index is 1120. The molecule has 0 saturated heterocycles. The maximum atomic E-state index is 12.8. The fourth-order valence-electron chi connectivity index (χ4n) is 2.72. The van der Waals surface area contributed by atoms with Crippen molar-refractivity contribution in [1.29, 1.82) is 0 Å². The number of sulfonamides is 1. The number of unbranched alkanes of at least 4 members (excludes halogenated alkanes) is 1. The third-order valence-corrected chi connectivity index (χ3v) is 6.30. The van der Waals surface area contributed by atoms with Gasteiger partial charge in [0.15, 0.2) is 5.69 Å². The number of nitrogens with zero attached hydrogens (tertiary/aromatic N) is 3. The van der Waals surface area contributed by atoms with E-state index >= 15 is 0 Å². The van der Waals surface area contributed by atoms with Gasteiger partial charge in [0.05, 0.1) is 4.90 Å². The molecular weight excluding hydrogens is 398 g/mol. The highest BCUT2D eigenvalue weighted by molar-refractivity contribution is 7.89. The van der Waals surface area contributed by atoms with E-state index in [9.17, 15) is 22.8 Å². The lowest BCUT2D eigenvalue weighted by molar-refractivity contribution is 0.0992. The Morgan fingerprint density at radius 2 is 1.72 bits per heavy atom. The van der Waals surface area contributed by atoms with Crippen LogP contribution in [0.5, 0.6) is 0 Å². The van der Waals surface area contributed by atoms with Gasteiger partial charge < -0.3 is 10.6 Å². The van der Waals surface area contributed by atoms with Gasteiger partial charge in [0.25, 0.3) is 11.5 Å². The maximum absolute atomic E-state index is 12.8. The minimum absolute atomic E-state index is 0.0344. The van der Waals surface area contributed by atoms with Crippen molar-refractivity contribution in [1.82, 2.24) is 13.9 Å². The summed E-state index contributed by atoms with van der Waals surface area (Å²) in [7, 11) is 0.549. The number of aromatic nitrogens is 2. The van der Waals surface area contributed by atoms with Gasteiger partial charge in [0, 0.05) is 33.3 Å². The smallest absolute Gasteiger partial charge is 0.330 e. The van der Waals surface area contributed by atoms with Crippen LogP contribution < -0.4 is 21.9 Å². The summed E-state index contributed by atoms with van der Waals surface area (Å²) in [5.74, 6) is -0.674. The number of nitrogens with two attached hydrogens (primary N) is 1. The molecule has 0 bridgehead atoms. The second kappa shape index (κ2) is 8.62. The molecule has 0 aliphatic rings. The standard InChI is InChI=1S/C18H25N5O5S/c1-5-6-11-23-15(19)14(16(24)20-18(23)26)22(4)17(25)12-7-9-13(10-8-12)29(27,28)21(2)3/h7-10H,5-6,11,19H2,1-4H3,(H,20,24,26). The van der Waals surface area contributed by atoms with Crippen LogP contribution in [0.1, 0.15) is 30.1 Å². The van der Waals surface area contributed by atoms with Gasteiger partial charge in [-0.05, 0) is 30.7 Å². The third kappa shape index (κ3) is 4.40. The molecule has 0 fully saturated rings. The monoisotopic (exact) mass is 423 g/mol. The average molecular weight is 423 g/mol. The number of H-pyrrole nitrogens is 1. The maximum Gasteiger partial charge on any atom is 0.330 e. The lowest BCUT2D eigenvalue weighted by Gasteiger charge is -2.20. The molecule has 1 aromatic carbocycles. The first-order chi connectivity index (χ1) is 13.5. The molecule has 29 heavy (non-hydrogen) atoms.